The fourth-order valence-corrected chi connectivity index (χ4v) is 3.33. The molecule has 0 aliphatic heterocycles. The van der Waals surface area contributed by atoms with Gasteiger partial charge < -0.3 is 15.4 Å². The molecule has 8 heteroatoms. The summed E-state index contributed by atoms with van der Waals surface area (Å²) in [4.78, 5) is 39.0. The van der Waals surface area contributed by atoms with Crippen LogP contribution in [0.15, 0.2) is 57.8 Å². The van der Waals surface area contributed by atoms with Gasteiger partial charge in [-0.1, -0.05) is 29.8 Å². The average molecular weight is 450 g/mol. The summed E-state index contributed by atoms with van der Waals surface area (Å²) in [6.07, 6.45) is -0.0559. The van der Waals surface area contributed by atoms with Gasteiger partial charge >= 0.3 is 5.97 Å². The zero-order valence-electron chi connectivity index (χ0n) is 13.8. The molecule has 0 radical (unpaired) electrons. The van der Waals surface area contributed by atoms with Gasteiger partial charge in [0.05, 0.1) is 4.47 Å². The van der Waals surface area contributed by atoms with Crippen LogP contribution in [0.3, 0.4) is 0 Å². The Labute approximate surface area is 167 Å². The number of aromatic amines is 1. The molecule has 0 saturated heterocycles. The van der Waals surface area contributed by atoms with E-state index >= 15 is 0 Å². The Bertz CT molecular complexity index is 1080. The lowest BCUT2D eigenvalue weighted by molar-refractivity contribution is -0.139. The van der Waals surface area contributed by atoms with E-state index in [2.05, 4.69) is 26.2 Å². The summed E-state index contributed by atoms with van der Waals surface area (Å²) in [7, 11) is 0. The molecule has 0 spiro atoms. The number of hydrogen-bond donors (Lipinski definition) is 3. The Morgan fingerprint density at radius 2 is 1.81 bits per heavy atom. The second-order valence-corrected chi connectivity index (χ2v) is 7.10. The molecule has 1 atom stereocenters. The maximum atomic E-state index is 12.4. The van der Waals surface area contributed by atoms with Crippen molar-refractivity contribution in [1.82, 2.24) is 10.3 Å². The molecule has 2 aromatic carbocycles. The fraction of sp³-hybridized carbons (Fsp3) is 0.105. The van der Waals surface area contributed by atoms with E-state index in [1.807, 2.05) is 0 Å². The van der Waals surface area contributed by atoms with Crippen LogP contribution in [-0.2, 0) is 11.2 Å². The third-order valence-corrected chi connectivity index (χ3v) is 5.17. The number of nitrogens with one attached hydrogen (secondary N) is 2. The van der Waals surface area contributed by atoms with Gasteiger partial charge in [-0.15, -0.1) is 0 Å². The summed E-state index contributed by atoms with van der Waals surface area (Å²) in [5, 5.41) is 13.2. The third-order valence-electron chi connectivity index (χ3n) is 4.08. The van der Waals surface area contributed by atoms with E-state index in [-0.39, 0.29) is 16.5 Å². The van der Waals surface area contributed by atoms with Crippen LogP contribution >= 0.6 is 27.5 Å². The van der Waals surface area contributed by atoms with Crippen LogP contribution in [0.5, 0.6) is 0 Å². The SMILES string of the molecule is O=C(NC(Cc1c(Br)c(=O)[nH]c2ccccc12)C(=O)O)c1ccc(Cl)cc1. The summed E-state index contributed by atoms with van der Waals surface area (Å²) in [6, 6.07) is 12.0. The summed E-state index contributed by atoms with van der Waals surface area (Å²) in [5.41, 5.74) is 1.03. The van der Waals surface area contributed by atoms with Crippen molar-refractivity contribution in [2.75, 3.05) is 0 Å². The average Bonchev–Trinajstić information content (AvgIpc) is 2.64. The van der Waals surface area contributed by atoms with Gasteiger partial charge in [0, 0.05) is 27.9 Å². The number of aromatic nitrogens is 1. The van der Waals surface area contributed by atoms with Crippen molar-refractivity contribution in [2.45, 2.75) is 12.5 Å². The number of benzene rings is 2. The van der Waals surface area contributed by atoms with Crippen molar-refractivity contribution in [3.05, 3.63) is 79.5 Å². The molecule has 6 nitrogen and oxygen atoms in total. The molecule has 0 fully saturated rings. The number of pyridine rings is 1. The van der Waals surface area contributed by atoms with Gasteiger partial charge in [-0.05, 0) is 51.8 Å². The second kappa shape index (κ2) is 7.94. The van der Waals surface area contributed by atoms with Gasteiger partial charge in [0.15, 0.2) is 0 Å². The van der Waals surface area contributed by atoms with Gasteiger partial charge in [-0.3, -0.25) is 9.59 Å². The number of para-hydroxylation sites is 1. The minimum atomic E-state index is -1.21. The van der Waals surface area contributed by atoms with E-state index in [4.69, 9.17) is 11.6 Å². The van der Waals surface area contributed by atoms with Crippen molar-refractivity contribution in [3.8, 4) is 0 Å². The number of carbonyl (C=O) groups is 2. The number of rotatable bonds is 5. The first-order valence-corrected chi connectivity index (χ1v) is 9.12. The molecule has 0 saturated carbocycles. The first-order valence-electron chi connectivity index (χ1n) is 7.95. The maximum Gasteiger partial charge on any atom is 0.326 e. The summed E-state index contributed by atoms with van der Waals surface area (Å²) in [6.45, 7) is 0. The molecule has 1 amide bonds. The number of hydrogen-bond acceptors (Lipinski definition) is 3. The Hall–Kier alpha value is -2.64. The number of carboxylic acids is 1. The number of fused-ring (bicyclic) bond motifs is 1. The van der Waals surface area contributed by atoms with E-state index in [0.29, 0.717) is 27.1 Å². The minimum Gasteiger partial charge on any atom is -0.480 e. The lowest BCUT2D eigenvalue weighted by Crippen LogP contribution is -2.42. The Balaban J connectivity index is 1.94. The molecule has 0 bridgehead atoms. The van der Waals surface area contributed by atoms with Crippen molar-refractivity contribution < 1.29 is 14.7 Å². The van der Waals surface area contributed by atoms with Gasteiger partial charge in [0.1, 0.15) is 6.04 Å². The van der Waals surface area contributed by atoms with E-state index < -0.39 is 17.9 Å². The topological polar surface area (TPSA) is 99.3 Å². The Morgan fingerprint density at radius 1 is 1.15 bits per heavy atom. The molecule has 3 rings (SSSR count). The largest absolute Gasteiger partial charge is 0.480 e. The van der Waals surface area contributed by atoms with E-state index in [9.17, 15) is 19.5 Å². The van der Waals surface area contributed by atoms with Crippen molar-refractivity contribution in [3.63, 3.8) is 0 Å². The normalized spacial score (nSPS) is 11.9. The second-order valence-electron chi connectivity index (χ2n) is 5.87. The molecular formula is C19H14BrClN2O4. The highest BCUT2D eigenvalue weighted by Crippen LogP contribution is 2.23. The van der Waals surface area contributed by atoms with Crippen LogP contribution in [0.1, 0.15) is 15.9 Å². The van der Waals surface area contributed by atoms with E-state index in [1.54, 1.807) is 36.4 Å². The molecule has 1 heterocycles. The number of halogens is 2. The highest BCUT2D eigenvalue weighted by molar-refractivity contribution is 9.10. The van der Waals surface area contributed by atoms with E-state index in [0.717, 1.165) is 0 Å². The standard InChI is InChI=1S/C19H14BrClN2O4/c20-16-13(12-3-1-2-4-14(12)22-18(16)25)9-15(19(26)27)23-17(24)10-5-7-11(21)8-6-10/h1-8,15H,9H2,(H,22,25)(H,23,24)(H,26,27). The molecule has 1 aromatic heterocycles. The smallest absolute Gasteiger partial charge is 0.326 e. The number of H-pyrrole nitrogens is 1. The summed E-state index contributed by atoms with van der Waals surface area (Å²) < 4.78 is 0.244. The fourth-order valence-electron chi connectivity index (χ4n) is 2.73. The monoisotopic (exact) mass is 448 g/mol. The van der Waals surface area contributed by atoms with Gasteiger partial charge in [0.25, 0.3) is 11.5 Å². The van der Waals surface area contributed by atoms with E-state index in [1.165, 1.54) is 12.1 Å². The highest BCUT2D eigenvalue weighted by Gasteiger charge is 2.24. The first-order chi connectivity index (χ1) is 12.9. The van der Waals surface area contributed by atoms with Crippen LogP contribution in [-0.4, -0.2) is 28.0 Å². The molecular weight excluding hydrogens is 436 g/mol. The zero-order valence-corrected chi connectivity index (χ0v) is 16.2. The molecule has 0 aliphatic rings. The number of aliphatic carboxylic acids is 1. The van der Waals surface area contributed by atoms with Crippen LogP contribution in [0.2, 0.25) is 5.02 Å². The molecule has 3 N–H and O–H groups in total. The Morgan fingerprint density at radius 3 is 2.48 bits per heavy atom. The van der Waals surface area contributed by atoms with Crippen LogP contribution in [0, 0.1) is 0 Å². The van der Waals surface area contributed by atoms with Gasteiger partial charge in [0.2, 0.25) is 0 Å². The number of amides is 1. The minimum absolute atomic E-state index is 0.0559. The molecule has 0 aliphatic carbocycles. The van der Waals surface area contributed by atoms with Gasteiger partial charge in [-0.25, -0.2) is 4.79 Å². The van der Waals surface area contributed by atoms with Gasteiger partial charge in [-0.2, -0.15) is 0 Å². The molecule has 3 aromatic rings. The number of carboxylic acid groups (broad SMARTS) is 1. The molecule has 27 heavy (non-hydrogen) atoms. The predicted octanol–water partition coefficient (Wildman–Crippen LogP) is 3.37. The summed E-state index contributed by atoms with van der Waals surface area (Å²) in [5.74, 6) is -1.74. The lowest BCUT2D eigenvalue weighted by atomic mass is 10.0. The lowest BCUT2D eigenvalue weighted by Gasteiger charge is -2.17. The van der Waals surface area contributed by atoms with Crippen LogP contribution in [0.4, 0.5) is 0 Å². The summed E-state index contributed by atoms with van der Waals surface area (Å²) >= 11 is 9.04. The first kappa shape index (κ1) is 19.1. The van der Waals surface area contributed by atoms with Crippen molar-refractivity contribution in [1.29, 1.82) is 0 Å². The van der Waals surface area contributed by atoms with Crippen molar-refractivity contribution >= 4 is 50.3 Å². The Kier molecular flexibility index (Phi) is 5.62. The number of carbonyl (C=O) groups excluding carboxylic acids is 1. The molecule has 138 valence electrons. The molecule has 1 unspecified atom stereocenters. The van der Waals surface area contributed by atoms with Crippen LogP contribution in [0.25, 0.3) is 10.9 Å². The third kappa shape index (κ3) is 4.20. The zero-order chi connectivity index (χ0) is 19.6. The predicted molar refractivity (Wildman–Crippen MR) is 106 cm³/mol. The van der Waals surface area contributed by atoms with Crippen molar-refractivity contribution in [2.24, 2.45) is 0 Å². The quantitative estimate of drug-likeness (QED) is 0.556. The van der Waals surface area contributed by atoms with Crippen LogP contribution < -0.4 is 10.9 Å². The highest BCUT2D eigenvalue weighted by atomic mass is 79.9. The maximum absolute atomic E-state index is 12.4.